The summed E-state index contributed by atoms with van der Waals surface area (Å²) in [6.07, 6.45) is 0. The molecule has 0 aliphatic rings. The average Bonchev–Trinajstić information content (AvgIpc) is 3.02. The summed E-state index contributed by atoms with van der Waals surface area (Å²) in [6.45, 7) is 1.68. The van der Waals surface area contributed by atoms with Crippen LogP contribution in [-0.2, 0) is 0 Å². The molecule has 2 rings (SSSR count). The van der Waals surface area contributed by atoms with Crippen molar-refractivity contribution in [2.45, 2.75) is 6.92 Å². The SMILES string of the molecule is COc1ccc(NN=C(C)c2ccc([N+](=O)[O-])o2)cc1OC. The molecule has 8 heteroatoms. The number of hydrogen-bond donors (Lipinski definition) is 1. The minimum Gasteiger partial charge on any atom is -0.493 e. The van der Waals surface area contributed by atoms with Crippen molar-refractivity contribution in [1.82, 2.24) is 0 Å². The van der Waals surface area contributed by atoms with Crippen LogP contribution in [0.25, 0.3) is 0 Å². The lowest BCUT2D eigenvalue weighted by Gasteiger charge is -2.09. The van der Waals surface area contributed by atoms with Crippen LogP contribution < -0.4 is 14.9 Å². The number of anilines is 1. The van der Waals surface area contributed by atoms with E-state index in [9.17, 15) is 10.1 Å². The molecular formula is C14H15N3O5. The van der Waals surface area contributed by atoms with Gasteiger partial charge >= 0.3 is 5.88 Å². The van der Waals surface area contributed by atoms with Crippen LogP contribution in [0.3, 0.4) is 0 Å². The molecule has 1 N–H and O–H groups in total. The molecular weight excluding hydrogens is 290 g/mol. The first-order valence-electron chi connectivity index (χ1n) is 6.32. The van der Waals surface area contributed by atoms with Gasteiger partial charge in [0.1, 0.15) is 10.6 Å². The Hall–Kier alpha value is -3.03. The third kappa shape index (κ3) is 3.35. The Kier molecular flexibility index (Phi) is 4.62. The Labute approximate surface area is 126 Å². The van der Waals surface area contributed by atoms with Crippen LogP contribution in [0, 0.1) is 10.1 Å². The first-order chi connectivity index (χ1) is 10.5. The first kappa shape index (κ1) is 15.4. The molecule has 0 unspecified atom stereocenters. The quantitative estimate of drug-likeness (QED) is 0.500. The molecule has 1 aromatic heterocycles. The second kappa shape index (κ2) is 6.61. The highest BCUT2D eigenvalue weighted by Crippen LogP contribution is 2.29. The molecule has 0 saturated heterocycles. The second-order valence-corrected chi connectivity index (χ2v) is 4.27. The molecule has 8 nitrogen and oxygen atoms in total. The molecule has 0 amide bonds. The van der Waals surface area contributed by atoms with Gasteiger partial charge in [-0.1, -0.05) is 0 Å². The summed E-state index contributed by atoms with van der Waals surface area (Å²) in [5, 5.41) is 14.7. The van der Waals surface area contributed by atoms with Crippen LogP contribution in [0.2, 0.25) is 0 Å². The summed E-state index contributed by atoms with van der Waals surface area (Å²) in [7, 11) is 3.09. The number of nitrogens with zero attached hydrogens (tertiary/aromatic N) is 2. The highest BCUT2D eigenvalue weighted by atomic mass is 16.6. The molecule has 0 aliphatic heterocycles. The van der Waals surface area contributed by atoms with Crippen molar-refractivity contribution in [3.05, 3.63) is 46.2 Å². The summed E-state index contributed by atoms with van der Waals surface area (Å²) in [5.41, 5.74) is 3.98. The molecule has 0 bridgehead atoms. The Morgan fingerprint density at radius 3 is 2.55 bits per heavy atom. The molecule has 0 spiro atoms. The van der Waals surface area contributed by atoms with E-state index in [1.165, 1.54) is 19.2 Å². The van der Waals surface area contributed by atoms with E-state index < -0.39 is 4.92 Å². The largest absolute Gasteiger partial charge is 0.493 e. The van der Waals surface area contributed by atoms with Crippen molar-refractivity contribution >= 4 is 17.3 Å². The summed E-state index contributed by atoms with van der Waals surface area (Å²) in [4.78, 5) is 9.98. The fourth-order valence-corrected chi connectivity index (χ4v) is 1.73. The summed E-state index contributed by atoms with van der Waals surface area (Å²) < 4.78 is 15.4. The first-order valence-corrected chi connectivity index (χ1v) is 6.32. The van der Waals surface area contributed by atoms with Crippen molar-refractivity contribution < 1.29 is 18.8 Å². The van der Waals surface area contributed by atoms with Gasteiger partial charge in [-0.05, 0) is 25.1 Å². The van der Waals surface area contributed by atoms with Crippen LogP contribution in [0.5, 0.6) is 11.5 Å². The lowest BCUT2D eigenvalue weighted by atomic mass is 10.3. The van der Waals surface area contributed by atoms with Crippen molar-refractivity contribution in [2.75, 3.05) is 19.6 Å². The number of furan rings is 1. The van der Waals surface area contributed by atoms with Crippen molar-refractivity contribution in [3.8, 4) is 11.5 Å². The highest BCUT2D eigenvalue weighted by molar-refractivity contribution is 5.96. The molecule has 116 valence electrons. The van der Waals surface area contributed by atoms with Gasteiger partial charge in [-0.15, -0.1) is 0 Å². The van der Waals surface area contributed by atoms with Gasteiger partial charge in [0.2, 0.25) is 0 Å². The van der Waals surface area contributed by atoms with E-state index in [0.29, 0.717) is 28.7 Å². The third-order valence-corrected chi connectivity index (χ3v) is 2.86. The number of rotatable bonds is 6. The molecule has 2 aromatic rings. The normalized spacial score (nSPS) is 11.1. The van der Waals surface area contributed by atoms with Gasteiger partial charge in [-0.2, -0.15) is 5.10 Å². The van der Waals surface area contributed by atoms with Gasteiger partial charge in [0.05, 0.1) is 26.0 Å². The van der Waals surface area contributed by atoms with Crippen molar-refractivity contribution in [2.24, 2.45) is 5.10 Å². The van der Waals surface area contributed by atoms with Crippen LogP contribution in [-0.4, -0.2) is 24.9 Å². The summed E-state index contributed by atoms with van der Waals surface area (Å²) >= 11 is 0. The highest BCUT2D eigenvalue weighted by Gasteiger charge is 2.13. The molecule has 0 radical (unpaired) electrons. The topological polar surface area (TPSA) is 99.1 Å². The number of methoxy groups -OCH3 is 2. The maximum atomic E-state index is 10.6. The zero-order valence-corrected chi connectivity index (χ0v) is 12.3. The molecule has 0 aliphatic carbocycles. The maximum absolute atomic E-state index is 10.6. The Morgan fingerprint density at radius 2 is 1.95 bits per heavy atom. The van der Waals surface area contributed by atoms with Gasteiger partial charge in [0, 0.05) is 6.07 Å². The van der Waals surface area contributed by atoms with Gasteiger partial charge in [0.15, 0.2) is 17.3 Å². The third-order valence-electron chi connectivity index (χ3n) is 2.86. The second-order valence-electron chi connectivity index (χ2n) is 4.27. The Morgan fingerprint density at radius 1 is 1.23 bits per heavy atom. The fraction of sp³-hybridized carbons (Fsp3) is 0.214. The molecule has 1 aromatic carbocycles. The Balaban J connectivity index is 2.14. The van der Waals surface area contributed by atoms with E-state index in [1.54, 1.807) is 32.2 Å². The maximum Gasteiger partial charge on any atom is 0.433 e. The number of nitrogens with one attached hydrogen (secondary N) is 1. The number of hydrogen-bond acceptors (Lipinski definition) is 7. The van der Waals surface area contributed by atoms with Crippen molar-refractivity contribution in [1.29, 1.82) is 0 Å². The van der Waals surface area contributed by atoms with E-state index >= 15 is 0 Å². The zero-order chi connectivity index (χ0) is 16.1. The number of hydrazone groups is 1. The van der Waals surface area contributed by atoms with Gasteiger partial charge < -0.3 is 13.9 Å². The standard InChI is InChI=1S/C14H15N3O5/c1-9(11-6-7-14(22-11)17(18)19)15-16-10-4-5-12(20-2)13(8-10)21-3/h4-8,16H,1-3H3. The average molecular weight is 305 g/mol. The summed E-state index contributed by atoms with van der Waals surface area (Å²) in [5.74, 6) is 1.17. The molecule has 22 heavy (non-hydrogen) atoms. The lowest BCUT2D eigenvalue weighted by Crippen LogP contribution is -1.99. The van der Waals surface area contributed by atoms with Crippen LogP contribution in [0.15, 0.2) is 39.9 Å². The smallest absolute Gasteiger partial charge is 0.433 e. The van der Waals surface area contributed by atoms with E-state index in [-0.39, 0.29) is 5.88 Å². The molecule has 0 fully saturated rings. The van der Waals surface area contributed by atoms with Crippen molar-refractivity contribution in [3.63, 3.8) is 0 Å². The number of nitro groups is 1. The van der Waals surface area contributed by atoms with Gasteiger partial charge in [-0.25, -0.2) is 0 Å². The number of benzene rings is 1. The molecule has 0 atom stereocenters. The predicted molar refractivity (Wildman–Crippen MR) is 80.7 cm³/mol. The van der Waals surface area contributed by atoms with Gasteiger partial charge in [0.25, 0.3) is 0 Å². The van der Waals surface area contributed by atoms with E-state index in [1.807, 2.05) is 0 Å². The van der Waals surface area contributed by atoms with Crippen LogP contribution in [0.1, 0.15) is 12.7 Å². The van der Waals surface area contributed by atoms with Crippen LogP contribution >= 0.6 is 0 Å². The lowest BCUT2D eigenvalue weighted by molar-refractivity contribution is -0.402. The van der Waals surface area contributed by atoms with E-state index in [0.717, 1.165) is 0 Å². The summed E-state index contributed by atoms with van der Waals surface area (Å²) in [6, 6.07) is 8.00. The van der Waals surface area contributed by atoms with E-state index in [4.69, 9.17) is 13.9 Å². The van der Waals surface area contributed by atoms with Crippen LogP contribution in [0.4, 0.5) is 11.6 Å². The minimum absolute atomic E-state index is 0.319. The van der Waals surface area contributed by atoms with E-state index in [2.05, 4.69) is 10.5 Å². The molecule has 0 saturated carbocycles. The monoisotopic (exact) mass is 305 g/mol. The predicted octanol–water partition coefficient (Wildman–Crippen LogP) is 3.04. The zero-order valence-electron chi connectivity index (χ0n) is 12.3. The van der Waals surface area contributed by atoms with Gasteiger partial charge in [-0.3, -0.25) is 15.5 Å². The fourth-order valence-electron chi connectivity index (χ4n) is 1.73. The Bertz CT molecular complexity index is 708. The number of ether oxygens (including phenoxy) is 2. The minimum atomic E-state index is -0.599. The molecule has 1 heterocycles.